The first-order valence-electron chi connectivity index (χ1n) is 6.10. The van der Waals surface area contributed by atoms with Gasteiger partial charge in [-0.15, -0.1) is 0 Å². The van der Waals surface area contributed by atoms with Crippen molar-refractivity contribution in [3.05, 3.63) is 11.7 Å². The summed E-state index contributed by atoms with van der Waals surface area (Å²) < 4.78 is 9.48. The molecule has 0 radical (unpaired) electrons. The summed E-state index contributed by atoms with van der Waals surface area (Å²) in [5.41, 5.74) is 0. The van der Waals surface area contributed by atoms with Gasteiger partial charge in [0.25, 0.3) is 0 Å². The lowest BCUT2D eigenvalue weighted by atomic mass is 10.4. The molecule has 0 saturated heterocycles. The minimum Gasteiger partial charge on any atom is -0.468 e. The topological polar surface area (TPSA) is 106 Å². The molecule has 1 aromatic rings. The van der Waals surface area contributed by atoms with Crippen molar-refractivity contribution in [1.29, 1.82) is 0 Å². The first-order chi connectivity index (χ1) is 9.19. The number of carbonyl (C=O) groups excluding carboxylic acids is 2. The number of urea groups is 1. The Morgan fingerprint density at radius 3 is 2.89 bits per heavy atom. The number of methoxy groups -OCH3 is 1. The Morgan fingerprint density at radius 1 is 1.42 bits per heavy atom. The van der Waals surface area contributed by atoms with E-state index in [4.69, 9.17) is 4.52 Å². The number of amides is 2. The molecule has 0 atom stereocenters. The van der Waals surface area contributed by atoms with Crippen LogP contribution in [0.25, 0.3) is 0 Å². The highest BCUT2D eigenvalue weighted by molar-refractivity contribution is 5.80. The van der Waals surface area contributed by atoms with Gasteiger partial charge in [-0.2, -0.15) is 4.98 Å². The molecular weight excluding hydrogens is 252 g/mol. The molecule has 1 fully saturated rings. The molecule has 1 aromatic heterocycles. The van der Waals surface area contributed by atoms with E-state index in [0.717, 1.165) is 12.8 Å². The Balaban J connectivity index is 1.62. The normalized spacial score (nSPS) is 13.9. The lowest BCUT2D eigenvalue weighted by Gasteiger charge is -2.04. The highest BCUT2D eigenvalue weighted by Crippen LogP contribution is 2.38. The van der Waals surface area contributed by atoms with E-state index in [2.05, 4.69) is 25.5 Å². The molecule has 0 bridgehead atoms. The molecule has 19 heavy (non-hydrogen) atoms. The quantitative estimate of drug-likeness (QED) is 0.701. The van der Waals surface area contributed by atoms with Crippen molar-refractivity contribution in [2.24, 2.45) is 0 Å². The van der Waals surface area contributed by atoms with Crippen LogP contribution in [0.3, 0.4) is 0 Å². The molecule has 2 amide bonds. The lowest BCUT2D eigenvalue weighted by Crippen LogP contribution is -2.39. The van der Waals surface area contributed by atoms with Gasteiger partial charge in [-0.25, -0.2) is 4.79 Å². The van der Waals surface area contributed by atoms with Gasteiger partial charge in [0.1, 0.15) is 6.54 Å². The van der Waals surface area contributed by atoms with Gasteiger partial charge in [-0.05, 0) is 12.8 Å². The fourth-order valence-electron chi connectivity index (χ4n) is 1.44. The van der Waals surface area contributed by atoms with Crippen molar-refractivity contribution < 1.29 is 18.8 Å². The van der Waals surface area contributed by atoms with Crippen molar-refractivity contribution in [3.63, 3.8) is 0 Å². The molecule has 0 aromatic carbocycles. The van der Waals surface area contributed by atoms with Crippen LogP contribution in [0.1, 0.15) is 30.5 Å². The predicted molar refractivity (Wildman–Crippen MR) is 63.4 cm³/mol. The van der Waals surface area contributed by atoms with Crippen molar-refractivity contribution in [1.82, 2.24) is 20.8 Å². The zero-order valence-corrected chi connectivity index (χ0v) is 10.6. The Labute approximate surface area is 109 Å². The molecule has 8 nitrogen and oxygen atoms in total. The smallest absolute Gasteiger partial charge is 0.325 e. The van der Waals surface area contributed by atoms with Gasteiger partial charge in [0, 0.05) is 18.9 Å². The summed E-state index contributed by atoms with van der Waals surface area (Å²) in [5, 5.41) is 8.78. The zero-order chi connectivity index (χ0) is 13.7. The summed E-state index contributed by atoms with van der Waals surface area (Å²) in [6.45, 7) is 0.215. The molecule has 0 unspecified atom stereocenters. The predicted octanol–water partition coefficient (Wildman–Crippen LogP) is -0.0383. The third kappa shape index (κ3) is 4.23. The largest absolute Gasteiger partial charge is 0.468 e. The first kappa shape index (κ1) is 13.3. The van der Waals surface area contributed by atoms with Crippen LogP contribution in [0.4, 0.5) is 4.79 Å². The molecule has 8 heteroatoms. The number of esters is 1. The molecule has 0 spiro atoms. The lowest BCUT2D eigenvalue weighted by molar-refractivity contribution is -0.139. The second-order valence-corrected chi connectivity index (χ2v) is 4.26. The molecular formula is C11H16N4O4. The van der Waals surface area contributed by atoms with E-state index in [1.165, 1.54) is 7.11 Å². The number of hydrogen-bond donors (Lipinski definition) is 2. The minimum absolute atomic E-state index is 0.156. The van der Waals surface area contributed by atoms with E-state index >= 15 is 0 Å². The van der Waals surface area contributed by atoms with Crippen LogP contribution in [-0.4, -0.2) is 42.3 Å². The second kappa shape index (κ2) is 6.17. The molecule has 1 saturated carbocycles. The van der Waals surface area contributed by atoms with Crippen LogP contribution < -0.4 is 10.6 Å². The van der Waals surface area contributed by atoms with E-state index in [-0.39, 0.29) is 6.54 Å². The summed E-state index contributed by atoms with van der Waals surface area (Å²) in [7, 11) is 1.26. The number of rotatable bonds is 6. The standard InChI is InChI=1S/C11H16N4O4/c1-18-9(16)6-13-11(17)12-5-4-8-14-10(19-15-8)7-2-3-7/h7H,2-6H2,1H3,(H2,12,13,17). The van der Waals surface area contributed by atoms with Crippen LogP contribution in [0.5, 0.6) is 0 Å². The van der Waals surface area contributed by atoms with Gasteiger partial charge in [-0.3, -0.25) is 4.79 Å². The van der Waals surface area contributed by atoms with Gasteiger partial charge >= 0.3 is 12.0 Å². The van der Waals surface area contributed by atoms with Crippen molar-refractivity contribution in [3.8, 4) is 0 Å². The third-order valence-corrected chi connectivity index (χ3v) is 2.67. The summed E-state index contributed by atoms with van der Waals surface area (Å²) in [5.74, 6) is 1.19. The second-order valence-electron chi connectivity index (χ2n) is 4.26. The Bertz CT molecular complexity index is 455. The van der Waals surface area contributed by atoms with E-state index in [1.54, 1.807) is 0 Å². The summed E-state index contributed by atoms with van der Waals surface area (Å²) in [6.07, 6.45) is 2.70. The number of nitrogens with one attached hydrogen (secondary N) is 2. The zero-order valence-electron chi connectivity index (χ0n) is 10.6. The van der Waals surface area contributed by atoms with E-state index < -0.39 is 12.0 Å². The maximum Gasteiger partial charge on any atom is 0.325 e. The fourth-order valence-corrected chi connectivity index (χ4v) is 1.44. The van der Waals surface area contributed by atoms with Gasteiger partial charge in [0.15, 0.2) is 5.82 Å². The summed E-state index contributed by atoms with van der Waals surface area (Å²) >= 11 is 0. The van der Waals surface area contributed by atoms with Crippen molar-refractivity contribution >= 4 is 12.0 Å². The van der Waals surface area contributed by atoms with E-state index in [0.29, 0.717) is 30.6 Å². The van der Waals surface area contributed by atoms with Gasteiger partial charge < -0.3 is 19.9 Å². The SMILES string of the molecule is COC(=O)CNC(=O)NCCc1noc(C2CC2)n1. The molecule has 1 heterocycles. The average molecular weight is 268 g/mol. The number of nitrogens with zero attached hydrogens (tertiary/aromatic N) is 2. The van der Waals surface area contributed by atoms with Crippen LogP contribution in [0.2, 0.25) is 0 Å². The Hall–Kier alpha value is -2.12. The van der Waals surface area contributed by atoms with Gasteiger partial charge in [-0.1, -0.05) is 5.16 Å². The molecule has 1 aliphatic rings. The van der Waals surface area contributed by atoms with Crippen LogP contribution in [0, 0.1) is 0 Å². The Morgan fingerprint density at radius 2 is 2.21 bits per heavy atom. The number of aromatic nitrogens is 2. The molecule has 1 aliphatic carbocycles. The summed E-state index contributed by atoms with van der Waals surface area (Å²) in [6, 6.07) is -0.434. The number of ether oxygens (including phenoxy) is 1. The molecule has 104 valence electrons. The average Bonchev–Trinajstić information content (AvgIpc) is 3.16. The van der Waals surface area contributed by atoms with E-state index in [9.17, 15) is 9.59 Å². The highest BCUT2D eigenvalue weighted by atomic mass is 16.5. The van der Waals surface area contributed by atoms with E-state index in [1.807, 2.05) is 0 Å². The number of hydrogen-bond acceptors (Lipinski definition) is 6. The van der Waals surface area contributed by atoms with Crippen molar-refractivity contribution in [2.45, 2.75) is 25.2 Å². The van der Waals surface area contributed by atoms with Crippen LogP contribution in [0.15, 0.2) is 4.52 Å². The maximum atomic E-state index is 11.3. The number of carbonyl (C=O) groups is 2. The van der Waals surface area contributed by atoms with Gasteiger partial charge in [0.2, 0.25) is 5.89 Å². The fraction of sp³-hybridized carbons (Fsp3) is 0.636. The first-order valence-corrected chi connectivity index (χ1v) is 6.10. The molecule has 2 N–H and O–H groups in total. The Kier molecular flexibility index (Phi) is 4.32. The van der Waals surface area contributed by atoms with Crippen LogP contribution >= 0.6 is 0 Å². The third-order valence-electron chi connectivity index (χ3n) is 2.67. The highest BCUT2D eigenvalue weighted by Gasteiger charge is 2.29. The summed E-state index contributed by atoms with van der Waals surface area (Å²) in [4.78, 5) is 26.3. The van der Waals surface area contributed by atoms with Crippen LogP contribution in [-0.2, 0) is 16.0 Å². The monoisotopic (exact) mass is 268 g/mol. The molecule has 0 aliphatic heterocycles. The van der Waals surface area contributed by atoms with Crippen molar-refractivity contribution in [2.75, 3.05) is 20.2 Å². The van der Waals surface area contributed by atoms with Gasteiger partial charge in [0.05, 0.1) is 7.11 Å². The maximum absolute atomic E-state index is 11.3. The molecule has 2 rings (SSSR count). The minimum atomic E-state index is -0.498.